The van der Waals surface area contributed by atoms with Crippen molar-refractivity contribution in [3.8, 4) is 11.1 Å². The summed E-state index contributed by atoms with van der Waals surface area (Å²) >= 11 is 1.52. The van der Waals surface area contributed by atoms with E-state index in [4.69, 9.17) is 4.98 Å². The number of H-pyrrole nitrogens is 1. The van der Waals surface area contributed by atoms with E-state index >= 15 is 0 Å². The van der Waals surface area contributed by atoms with E-state index in [0.29, 0.717) is 29.6 Å². The largest absolute Gasteiger partial charge is 0.341 e. The number of carbonyl (C=O) groups excluding carboxylic acids is 1. The highest BCUT2D eigenvalue weighted by molar-refractivity contribution is 7.17. The third kappa shape index (κ3) is 5.20. The summed E-state index contributed by atoms with van der Waals surface area (Å²) in [6, 6.07) is 10.00. The lowest BCUT2D eigenvalue weighted by Gasteiger charge is -2.39. The zero-order chi connectivity index (χ0) is 24.5. The highest BCUT2D eigenvalue weighted by atomic mass is 32.1. The topological polar surface area (TPSA) is 72.5 Å². The van der Waals surface area contributed by atoms with E-state index in [-0.39, 0.29) is 17.5 Å². The molecule has 186 valence electrons. The molecule has 2 fully saturated rings. The summed E-state index contributed by atoms with van der Waals surface area (Å²) in [6.45, 7) is 12.2. The quantitative estimate of drug-likeness (QED) is 0.585. The minimum Gasteiger partial charge on any atom is -0.341 e. The molecule has 0 unspecified atom stereocenters. The summed E-state index contributed by atoms with van der Waals surface area (Å²) in [6.07, 6.45) is 1.21. The van der Waals surface area contributed by atoms with Crippen molar-refractivity contribution in [3.05, 3.63) is 51.9 Å². The fourth-order valence-corrected chi connectivity index (χ4v) is 6.59. The molecule has 2 aromatic heterocycles. The number of likely N-dealkylation sites (tertiary alicyclic amines) is 1. The van der Waals surface area contributed by atoms with Crippen LogP contribution in [0.5, 0.6) is 0 Å². The van der Waals surface area contributed by atoms with Gasteiger partial charge in [0.1, 0.15) is 10.7 Å². The average Bonchev–Trinajstić information content (AvgIpc) is 3.29. The minimum atomic E-state index is -0.0776. The Labute approximate surface area is 210 Å². The second kappa shape index (κ2) is 10.2. The number of hydrogen-bond acceptors (Lipinski definition) is 6. The van der Waals surface area contributed by atoms with E-state index in [9.17, 15) is 9.59 Å². The van der Waals surface area contributed by atoms with E-state index in [1.807, 2.05) is 35.7 Å². The maximum absolute atomic E-state index is 13.1. The van der Waals surface area contributed by atoms with Crippen LogP contribution >= 0.6 is 11.3 Å². The zero-order valence-corrected chi connectivity index (χ0v) is 21.7. The Hall–Kier alpha value is -2.55. The number of amides is 1. The second-order valence-electron chi connectivity index (χ2n) is 10.4. The second-order valence-corrected chi connectivity index (χ2v) is 11.2. The molecule has 0 radical (unpaired) electrons. The molecule has 1 N–H and O–H groups in total. The number of piperazine rings is 1. The van der Waals surface area contributed by atoms with Gasteiger partial charge in [0.15, 0.2) is 0 Å². The molecule has 8 heteroatoms. The van der Waals surface area contributed by atoms with Gasteiger partial charge in [-0.25, -0.2) is 4.98 Å². The normalized spacial score (nSPS) is 23.0. The molecule has 3 atom stereocenters. The third-order valence-corrected chi connectivity index (χ3v) is 8.35. The fraction of sp³-hybridized carbons (Fsp3) is 0.519. The van der Waals surface area contributed by atoms with Gasteiger partial charge < -0.3 is 9.88 Å². The molecule has 4 heterocycles. The monoisotopic (exact) mass is 493 g/mol. The molecule has 1 aromatic carbocycles. The number of benzene rings is 1. The molecule has 0 saturated carbocycles. The van der Waals surface area contributed by atoms with E-state index < -0.39 is 0 Å². The average molecular weight is 494 g/mol. The van der Waals surface area contributed by atoms with Gasteiger partial charge in [-0.3, -0.25) is 19.4 Å². The lowest BCUT2D eigenvalue weighted by atomic mass is 9.92. The number of hydrogen-bond donors (Lipinski definition) is 1. The molecule has 0 spiro atoms. The highest BCUT2D eigenvalue weighted by Crippen LogP contribution is 2.31. The molecule has 2 aliphatic rings. The van der Waals surface area contributed by atoms with E-state index in [1.165, 1.54) is 17.8 Å². The molecule has 0 bridgehead atoms. The number of aromatic amines is 1. The minimum absolute atomic E-state index is 0.0102. The Morgan fingerprint density at radius 3 is 2.49 bits per heavy atom. The van der Waals surface area contributed by atoms with Gasteiger partial charge >= 0.3 is 0 Å². The van der Waals surface area contributed by atoms with Gasteiger partial charge in [0.25, 0.3) is 5.56 Å². The van der Waals surface area contributed by atoms with Crippen LogP contribution in [0.3, 0.4) is 0 Å². The molecule has 35 heavy (non-hydrogen) atoms. The Balaban J connectivity index is 1.22. The van der Waals surface area contributed by atoms with Crippen LogP contribution in [-0.4, -0.2) is 76.4 Å². The van der Waals surface area contributed by atoms with Crippen molar-refractivity contribution in [2.24, 2.45) is 11.8 Å². The summed E-state index contributed by atoms with van der Waals surface area (Å²) in [7, 11) is 0. The lowest BCUT2D eigenvalue weighted by Crippen LogP contribution is -2.52. The van der Waals surface area contributed by atoms with Gasteiger partial charge in [0.2, 0.25) is 5.91 Å². The van der Waals surface area contributed by atoms with Crippen molar-refractivity contribution in [2.45, 2.75) is 33.2 Å². The Bertz CT molecular complexity index is 1220. The SMILES string of the molecule is C[C@@H]1C[C@H](C)CN(C(=O)CN2CCN([C@@H](C)c3nc4scc(-c5ccccc5)c4c(=O)[nH]3)CC2)C1. The van der Waals surface area contributed by atoms with Crippen LogP contribution < -0.4 is 5.56 Å². The summed E-state index contributed by atoms with van der Waals surface area (Å²) in [5.41, 5.74) is 1.89. The number of fused-ring (bicyclic) bond motifs is 1. The smallest absolute Gasteiger partial charge is 0.260 e. The van der Waals surface area contributed by atoms with Gasteiger partial charge in [-0.15, -0.1) is 11.3 Å². The first-order valence-corrected chi connectivity index (χ1v) is 13.6. The fourth-order valence-electron chi connectivity index (χ4n) is 5.63. The molecule has 7 nitrogen and oxygen atoms in total. The van der Waals surface area contributed by atoms with Crippen LogP contribution in [0.4, 0.5) is 0 Å². The van der Waals surface area contributed by atoms with Crippen molar-refractivity contribution >= 4 is 27.5 Å². The van der Waals surface area contributed by atoms with E-state index in [0.717, 1.165) is 55.2 Å². The number of thiophene rings is 1. The van der Waals surface area contributed by atoms with Crippen LogP contribution in [0.1, 0.15) is 39.1 Å². The molecule has 3 aromatic rings. The Kier molecular flexibility index (Phi) is 7.05. The van der Waals surface area contributed by atoms with Gasteiger partial charge in [-0.05, 0) is 30.7 Å². The van der Waals surface area contributed by atoms with Gasteiger partial charge in [0, 0.05) is 50.2 Å². The summed E-state index contributed by atoms with van der Waals surface area (Å²) in [4.78, 5) is 41.3. The van der Waals surface area contributed by atoms with E-state index in [1.54, 1.807) is 0 Å². The van der Waals surface area contributed by atoms with Crippen LogP contribution in [0.15, 0.2) is 40.5 Å². The number of rotatable bonds is 5. The van der Waals surface area contributed by atoms with Crippen molar-refractivity contribution in [3.63, 3.8) is 0 Å². The third-order valence-electron chi connectivity index (χ3n) is 7.48. The van der Waals surface area contributed by atoms with Gasteiger partial charge in [0.05, 0.1) is 18.0 Å². The number of nitrogens with one attached hydrogen (secondary N) is 1. The van der Waals surface area contributed by atoms with Crippen molar-refractivity contribution < 1.29 is 4.79 Å². The van der Waals surface area contributed by atoms with Crippen LogP contribution in [-0.2, 0) is 4.79 Å². The maximum atomic E-state index is 13.1. The lowest BCUT2D eigenvalue weighted by molar-refractivity contribution is -0.135. The molecule has 2 saturated heterocycles. The van der Waals surface area contributed by atoms with E-state index in [2.05, 4.69) is 40.5 Å². The Morgan fingerprint density at radius 1 is 1.11 bits per heavy atom. The van der Waals surface area contributed by atoms with Gasteiger partial charge in [-0.2, -0.15) is 0 Å². The molecular formula is C27H35N5O2S. The Morgan fingerprint density at radius 2 is 1.80 bits per heavy atom. The summed E-state index contributed by atoms with van der Waals surface area (Å²) < 4.78 is 0. The first-order valence-electron chi connectivity index (χ1n) is 12.7. The zero-order valence-electron chi connectivity index (χ0n) is 20.9. The number of piperidine rings is 1. The maximum Gasteiger partial charge on any atom is 0.260 e. The van der Waals surface area contributed by atoms with Crippen LogP contribution in [0.2, 0.25) is 0 Å². The van der Waals surface area contributed by atoms with Crippen molar-refractivity contribution in [1.82, 2.24) is 24.7 Å². The van der Waals surface area contributed by atoms with Gasteiger partial charge in [-0.1, -0.05) is 44.2 Å². The molecule has 1 amide bonds. The molecular weight excluding hydrogens is 458 g/mol. The number of nitrogens with zero attached hydrogens (tertiary/aromatic N) is 4. The van der Waals surface area contributed by atoms with Crippen molar-refractivity contribution in [2.75, 3.05) is 45.8 Å². The molecule has 0 aliphatic carbocycles. The number of carbonyl (C=O) groups is 1. The molecule has 2 aliphatic heterocycles. The van der Waals surface area contributed by atoms with Crippen LogP contribution in [0, 0.1) is 11.8 Å². The number of aromatic nitrogens is 2. The predicted molar refractivity (Wildman–Crippen MR) is 142 cm³/mol. The standard InChI is InChI=1S/C27H35N5O2S/c1-18-13-19(2)15-32(14-18)23(33)16-30-9-11-31(12-10-30)20(3)25-28-26(34)24-22(17-35-27(24)29-25)21-7-5-4-6-8-21/h4-8,17-20H,9-16H2,1-3H3,(H,28,29,34)/t18-,19+,20-/m0/s1. The summed E-state index contributed by atoms with van der Waals surface area (Å²) in [5, 5.41) is 2.69. The predicted octanol–water partition coefficient (Wildman–Crippen LogP) is 3.83. The molecule has 5 rings (SSSR count). The van der Waals surface area contributed by atoms with Crippen LogP contribution in [0.25, 0.3) is 21.3 Å². The summed E-state index contributed by atoms with van der Waals surface area (Å²) in [5.74, 6) is 2.14. The van der Waals surface area contributed by atoms with Crippen molar-refractivity contribution in [1.29, 1.82) is 0 Å². The highest BCUT2D eigenvalue weighted by Gasteiger charge is 2.29. The first kappa shape index (κ1) is 24.2. The first-order chi connectivity index (χ1) is 16.9.